The molecule has 0 saturated carbocycles. The molecule has 0 heterocycles. The standard InChI is InChI=1S/C8H3ClFNO4/c9-8(13)4-1-2-6(10)7(11(14)15)5(4)3-12/h1-3H. The minimum atomic E-state index is -1.19. The molecule has 0 aromatic heterocycles. The lowest BCUT2D eigenvalue weighted by atomic mass is 10.1. The smallest absolute Gasteiger partial charge is 0.298 e. The molecule has 78 valence electrons. The molecule has 0 fully saturated rings. The molecule has 0 N–H and O–H groups in total. The highest BCUT2D eigenvalue weighted by Gasteiger charge is 2.25. The van der Waals surface area contributed by atoms with Gasteiger partial charge in [0.15, 0.2) is 6.29 Å². The van der Waals surface area contributed by atoms with Crippen LogP contribution in [0.3, 0.4) is 0 Å². The normalized spacial score (nSPS) is 9.73. The predicted octanol–water partition coefficient (Wildman–Crippen LogP) is 1.93. The minimum Gasteiger partial charge on any atom is -0.298 e. The van der Waals surface area contributed by atoms with Gasteiger partial charge < -0.3 is 0 Å². The van der Waals surface area contributed by atoms with Crippen molar-refractivity contribution in [3.63, 3.8) is 0 Å². The molecule has 0 atom stereocenters. The van der Waals surface area contributed by atoms with Gasteiger partial charge in [0, 0.05) is 0 Å². The van der Waals surface area contributed by atoms with E-state index in [1.807, 2.05) is 0 Å². The average Bonchev–Trinajstić information content (AvgIpc) is 2.15. The van der Waals surface area contributed by atoms with Crippen LogP contribution in [0.5, 0.6) is 0 Å². The number of carbonyl (C=O) groups is 2. The van der Waals surface area contributed by atoms with Crippen molar-refractivity contribution in [1.29, 1.82) is 0 Å². The Morgan fingerprint density at radius 1 is 1.53 bits per heavy atom. The maximum absolute atomic E-state index is 13.0. The fourth-order valence-corrected chi connectivity index (χ4v) is 1.22. The van der Waals surface area contributed by atoms with Gasteiger partial charge in [-0.1, -0.05) is 0 Å². The largest absolute Gasteiger partial charge is 0.316 e. The summed E-state index contributed by atoms with van der Waals surface area (Å²) in [5, 5.41) is 9.37. The molecule has 0 unspecified atom stereocenters. The minimum absolute atomic E-state index is 0.0246. The van der Waals surface area contributed by atoms with Crippen molar-refractivity contribution in [2.75, 3.05) is 0 Å². The number of nitrogens with zero attached hydrogens (tertiary/aromatic N) is 1. The third-order valence-corrected chi connectivity index (χ3v) is 1.88. The summed E-state index contributed by atoms with van der Waals surface area (Å²) in [6.45, 7) is 0. The molecule has 1 rings (SSSR count). The van der Waals surface area contributed by atoms with E-state index in [9.17, 15) is 24.1 Å². The Hall–Kier alpha value is -1.82. The number of aldehydes is 1. The number of halogens is 2. The number of carbonyl (C=O) groups excluding carboxylic acids is 2. The molecule has 5 nitrogen and oxygen atoms in total. The van der Waals surface area contributed by atoms with Crippen molar-refractivity contribution < 1.29 is 18.9 Å². The van der Waals surface area contributed by atoms with Gasteiger partial charge >= 0.3 is 5.69 Å². The molecule has 0 saturated heterocycles. The lowest BCUT2D eigenvalue weighted by Crippen LogP contribution is -2.04. The molecule has 1 aromatic carbocycles. The van der Waals surface area contributed by atoms with Crippen LogP contribution >= 0.6 is 11.6 Å². The van der Waals surface area contributed by atoms with Crippen molar-refractivity contribution in [2.45, 2.75) is 0 Å². The summed E-state index contributed by atoms with van der Waals surface area (Å²) < 4.78 is 13.0. The molecule has 0 aliphatic rings. The third-order valence-electron chi connectivity index (χ3n) is 1.68. The van der Waals surface area contributed by atoms with Crippen LogP contribution in [-0.4, -0.2) is 16.5 Å². The van der Waals surface area contributed by atoms with Crippen LogP contribution in [0.2, 0.25) is 0 Å². The van der Waals surface area contributed by atoms with Gasteiger partial charge in [-0.25, -0.2) is 0 Å². The van der Waals surface area contributed by atoms with Crippen molar-refractivity contribution >= 4 is 28.8 Å². The second kappa shape index (κ2) is 4.14. The van der Waals surface area contributed by atoms with Crippen LogP contribution in [0.15, 0.2) is 12.1 Å². The van der Waals surface area contributed by atoms with E-state index in [0.717, 1.165) is 6.07 Å². The first-order chi connectivity index (χ1) is 6.99. The fourth-order valence-electron chi connectivity index (χ4n) is 1.06. The van der Waals surface area contributed by atoms with E-state index in [4.69, 9.17) is 11.6 Å². The molecule has 0 aliphatic heterocycles. The monoisotopic (exact) mass is 231 g/mol. The fraction of sp³-hybridized carbons (Fsp3) is 0. The molecule has 1 aromatic rings. The summed E-state index contributed by atoms with van der Waals surface area (Å²) >= 11 is 5.07. The second-order valence-electron chi connectivity index (χ2n) is 2.51. The molecule has 0 spiro atoms. The van der Waals surface area contributed by atoms with E-state index in [-0.39, 0.29) is 11.8 Å². The van der Waals surface area contributed by atoms with Crippen LogP contribution in [0, 0.1) is 15.9 Å². The third kappa shape index (κ3) is 1.99. The number of rotatable bonds is 3. The maximum atomic E-state index is 13.0. The van der Waals surface area contributed by atoms with Gasteiger partial charge in [-0.15, -0.1) is 0 Å². The first-order valence-electron chi connectivity index (χ1n) is 3.61. The number of benzene rings is 1. The average molecular weight is 232 g/mol. The number of hydrogen-bond acceptors (Lipinski definition) is 4. The first kappa shape index (κ1) is 11.3. The Morgan fingerprint density at radius 2 is 2.13 bits per heavy atom. The summed E-state index contributed by atoms with van der Waals surface area (Å²) in [5.41, 5.74) is -2.09. The Labute approximate surface area is 87.6 Å². The van der Waals surface area contributed by atoms with Gasteiger partial charge in [-0.2, -0.15) is 4.39 Å². The van der Waals surface area contributed by atoms with Crippen LogP contribution < -0.4 is 0 Å². The first-order valence-corrected chi connectivity index (χ1v) is 3.98. The van der Waals surface area contributed by atoms with Crippen molar-refractivity contribution in [3.8, 4) is 0 Å². The van der Waals surface area contributed by atoms with Crippen LogP contribution in [0.1, 0.15) is 20.7 Å². The second-order valence-corrected chi connectivity index (χ2v) is 2.85. The summed E-state index contributed by atoms with van der Waals surface area (Å²) in [5.74, 6) is -1.19. The van der Waals surface area contributed by atoms with E-state index in [0.29, 0.717) is 6.07 Å². The number of nitro groups is 1. The van der Waals surface area contributed by atoms with Crippen molar-refractivity contribution in [2.24, 2.45) is 0 Å². The molecule has 7 heteroatoms. The summed E-state index contributed by atoms with van der Waals surface area (Å²) in [6, 6.07) is 1.63. The van der Waals surface area contributed by atoms with Crippen LogP contribution in [0.25, 0.3) is 0 Å². The molecular formula is C8H3ClFNO4. The van der Waals surface area contributed by atoms with Gasteiger partial charge in [0.05, 0.1) is 10.5 Å². The van der Waals surface area contributed by atoms with E-state index in [1.54, 1.807) is 0 Å². The van der Waals surface area contributed by atoms with E-state index in [1.165, 1.54) is 0 Å². The van der Waals surface area contributed by atoms with Gasteiger partial charge in [-0.3, -0.25) is 19.7 Å². The molecule has 0 bridgehead atoms. The zero-order chi connectivity index (χ0) is 11.6. The summed E-state index contributed by atoms with van der Waals surface area (Å²) in [7, 11) is 0. The Balaban J connectivity index is 3.61. The zero-order valence-electron chi connectivity index (χ0n) is 7.07. The summed E-state index contributed by atoms with van der Waals surface area (Å²) in [6.07, 6.45) is 0.0246. The Bertz CT molecular complexity index is 460. The molecule has 0 radical (unpaired) electrons. The quantitative estimate of drug-likeness (QED) is 0.345. The van der Waals surface area contributed by atoms with E-state index < -0.39 is 27.2 Å². The van der Waals surface area contributed by atoms with Gasteiger partial charge in [0.1, 0.15) is 5.56 Å². The lowest BCUT2D eigenvalue weighted by Gasteiger charge is -2.01. The molecule has 0 aliphatic carbocycles. The number of hydrogen-bond donors (Lipinski definition) is 0. The van der Waals surface area contributed by atoms with E-state index in [2.05, 4.69) is 0 Å². The Kier molecular flexibility index (Phi) is 3.11. The van der Waals surface area contributed by atoms with Crippen molar-refractivity contribution in [1.82, 2.24) is 0 Å². The topological polar surface area (TPSA) is 77.3 Å². The van der Waals surface area contributed by atoms with Gasteiger partial charge in [0.25, 0.3) is 5.24 Å². The highest BCUT2D eigenvalue weighted by molar-refractivity contribution is 6.68. The Morgan fingerprint density at radius 3 is 2.53 bits per heavy atom. The van der Waals surface area contributed by atoms with Crippen LogP contribution in [0.4, 0.5) is 10.1 Å². The van der Waals surface area contributed by atoms with Crippen LogP contribution in [-0.2, 0) is 0 Å². The molecule has 15 heavy (non-hydrogen) atoms. The maximum Gasteiger partial charge on any atom is 0.316 e. The SMILES string of the molecule is O=Cc1c(C(=O)Cl)ccc(F)c1[N+](=O)[O-]. The molecular weight excluding hydrogens is 229 g/mol. The van der Waals surface area contributed by atoms with Gasteiger partial charge in [-0.05, 0) is 23.7 Å². The van der Waals surface area contributed by atoms with E-state index >= 15 is 0 Å². The molecule has 0 amide bonds. The van der Waals surface area contributed by atoms with Crippen molar-refractivity contribution in [3.05, 3.63) is 39.2 Å². The zero-order valence-corrected chi connectivity index (χ0v) is 7.82. The number of nitro benzene ring substituents is 1. The van der Waals surface area contributed by atoms with Gasteiger partial charge in [0.2, 0.25) is 5.82 Å². The highest BCUT2D eigenvalue weighted by atomic mass is 35.5. The highest BCUT2D eigenvalue weighted by Crippen LogP contribution is 2.25. The predicted molar refractivity (Wildman–Crippen MR) is 48.6 cm³/mol. The summed E-state index contributed by atoms with van der Waals surface area (Å²) in [4.78, 5) is 30.6. The lowest BCUT2D eigenvalue weighted by molar-refractivity contribution is -0.387.